The average Bonchev–Trinajstić information content (AvgIpc) is 2.78. The van der Waals surface area contributed by atoms with Gasteiger partial charge in [-0.3, -0.25) is 9.59 Å². The van der Waals surface area contributed by atoms with Gasteiger partial charge in [-0.2, -0.15) is 0 Å². The van der Waals surface area contributed by atoms with Gasteiger partial charge in [-0.15, -0.1) is 0 Å². The second-order valence-corrected chi connectivity index (χ2v) is 4.30. The van der Waals surface area contributed by atoms with Crippen LogP contribution in [0.5, 0.6) is 0 Å². The summed E-state index contributed by atoms with van der Waals surface area (Å²) in [5.74, 6) is -0.672. The van der Waals surface area contributed by atoms with Gasteiger partial charge in [-0.1, -0.05) is 18.2 Å². The number of primary amides is 1. The molecule has 2 aromatic rings. The molecule has 5 heteroatoms. The van der Waals surface area contributed by atoms with Crippen molar-refractivity contribution in [2.45, 2.75) is 19.4 Å². The predicted molar refractivity (Wildman–Crippen MR) is 71.7 cm³/mol. The van der Waals surface area contributed by atoms with Crippen LogP contribution in [0, 0.1) is 0 Å². The fourth-order valence-corrected chi connectivity index (χ4v) is 2.12. The molecule has 1 heterocycles. The van der Waals surface area contributed by atoms with Crippen molar-refractivity contribution in [2.75, 3.05) is 7.11 Å². The fourth-order valence-electron chi connectivity index (χ4n) is 2.12. The van der Waals surface area contributed by atoms with Gasteiger partial charge in [0.15, 0.2) is 0 Å². The van der Waals surface area contributed by atoms with Crippen LogP contribution in [0.15, 0.2) is 30.5 Å². The van der Waals surface area contributed by atoms with Crippen LogP contribution >= 0.6 is 0 Å². The molecule has 1 aromatic carbocycles. The minimum absolute atomic E-state index is 0.230. The molecule has 0 spiro atoms. The van der Waals surface area contributed by atoms with Crippen molar-refractivity contribution in [1.29, 1.82) is 0 Å². The van der Waals surface area contributed by atoms with Gasteiger partial charge in [0.25, 0.3) is 5.91 Å². The molecule has 0 radical (unpaired) electrons. The molecule has 0 saturated carbocycles. The van der Waals surface area contributed by atoms with Crippen LogP contribution in [0.3, 0.4) is 0 Å². The number of hydrogen-bond donors (Lipinski definition) is 1. The van der Waals surface area contributed by atoms with Gasteiger partial charge in [0, 0.05) is 30.1 Å². The number of nitrogens with two attached hydrogens (primary N) is 1. The summed E-state index contributed by atoms with van der Waals surface area (Å²) in [6, 6.07) is 7.57. The summed E-state index contributed by atoms with van der Waals surface area (Å²) in [6.07, 6.45) is 2.75. The summed E-state index contributed by atoms with van der Waals surface area (Å²) < 4.78 is 6.54. The number of para-hydroxylation sites is 1. The van der Waals surface area contributed by atoms with Crippen LogP contribution in [0.4, 0.5) is 0 Å². The Balaban J connectivity index is 2.23. The molecular weight excluding hydrogens is 244 g/mol. The third-order valence-corrected chi connectivity index (χ3v) is 3.06. The molecule has 0 bridgehead atoms. The number of carbonyl (C=O) groups is 2. The van der Waals surface area contributed by atoms with Gasteiger partial charge < -0.3 is 15.0 Å². The number of fused-ring (bicyclic) bond motifs is 1. The van der Waals surface area contributed by atoms with E-state index in [9.17, 15) is 9.59 Å². The number of hydrogen-bond acceptors (Lipinski definition) is 3. The Morgan fingerprint density at radius 2 is 2.05 bits per heavy atom. The number of esters is 1. The highest BCUT2D eigenvalue weighted by atomic mass is 16.5. The topological polar surface area (TPSA) is 74.3 Å². The second-order valence-electron chi connectivity index (χ2n) is 4.30. The van der Waals surface area contributed by atoms with E-state index in [1.807, 2.05) is 28.8 Å². The third kappa shape index (κ3) is 2.76. The number of methoxy groups -OCH3 is 1. The highest BCUT2D eigenvalue weighted by Gasteiger charge is 2.12. The first-order valence-electron chi connectivity index (χ1n) is 6.08. The van der Waals surface area contributed by atoms with Gasteiger partial charge in [-0.05, 0) is 12.5 Å². The Bertz CT molecular complexity index is 616. The van der Waals surface area contributed by atoms with Gasteiger partial charge in [0.05, 0.1) is 12.7 Å². The maximum absolute atomic E-state index is 11.4. The van der Waals surface area contributed by atoms with Crippen molar-refractivity contribution in [3.63, 3.8) is 0 Å². The number of nitrogens with zero attached hydrogens (tertiary/aromatic N) is 1. The number of aryl methyl sites for hydroxylation is 1. The minimum Gasteiger partial charge on any atom is -0.469 e. The maximum Gasteiger partial charge on any atom is 0.305 e. The molecule has 0 aliphatic rings. The summed E-state index contributed by atoms with van der Waals surface area (Å²) in [5, 5.41) is 0.841. The van der Waals surface area contributed by atoms with E-state index in [1.54, 1.807) is 6.20 Å². The zero-order valence-electron chi connectivity index (χ0n) is 10.8. The number of ether oxygens (including phenoxy) is 1. The van der Waals surface area contributed by atoms with E-state index in [-0.39, 0.29) is 5.97 Å². The molecule has 0 aliphatic carbocycles. The van der Waals surface area contributed by atoms with Crippen molar-refractivity contribution >= 4 is 22.8 Å². The SMILES string of the molecule is COC(=O)CCCn1cc(C(N)=O)c2ccccc21. The molecule has 2 N–H and O–H groups in total. The second kappa shape index (κ2) is 5.56. The first-order valence-corrected chi connectivity index (χ1v) is 6.08. The first-order chi connectivity index (χ1) is 9.13. The molecule has 0 saturated heterocycles. The standard InChI is InChI=1S/C14H16N2O3/c1-19-13(17)7-4-8-16-9-11(14(15)18)10-5-2-3-6-12(10)16/h2-3,5-6,9H,4,7-8H2,1H3,(H2,15,18). The van der Waals surface area contributed by atoms with Crippen molar-refractivity contribution < 1.29 is 14.3 Å². The molecule has 5 nitrogen and oxygen atoms in total. The van der Waals surface area contributed by atoms with Gasteiger partial charge >= 0.3 is 5.97 Å². The Kier molecular flexibility index (Phi) is 3.85. The Morgan fingerprint density at radius 3 is 2.74 bits per heavy atom. The average molecular weight is 260 g/mol. The fraction of sp³-hybridized carbons (Fsp3) is 0.286. The summed E-state index contributed by atoms with van der Waals surface area (Å²) in [5.41, 5.74) is 6.82. The van der Waals surface area contributed by atoms with Crippen molar-refractivity contribution in [2.24, 2.45) is 5.73 Å². The molecule has 0 unspecified atom stereocenters. The molecule has 0 atom stereocenters. The van der Waals surface area contributed by atoms with Crippen molar-refractivity contribution in [3.8, 4) is 0 Å². The normalized spacial score (nSPS) is 10.6. The molecule has 0 aliphatic heterocycles. The van der Waals surface area contributed by atoms with Gasteiger partial charge in [-0.25, -0.2) is 0 Å². The van der Waals surface area contributed by atoms with E-state index in [4.69, 9.17) is 5.73 Å². The highest BCUT2D eigenvalue weighted by molar-refractivity contribution is 6.06. The van der Waals surface area contributed by atoms with E-state index in [2.05, 4.69) is 4.74 Å². The monoisotopic (exact) mass is 260 g/mol. The van der Waals surface area contributed by atoms with Crippen LogP contribution in [-0.2, 0) is 16.1 Å². The zero-order valence-corrected chi connectivity index (χ0v) is 10.8. The van der Waals surface area contributed by atoms with E-state index < -0.39 is 5.91 Å². The van der Waals surface area contributed by atoms with Crippen LogP contribution in [0.2, 0.25) is 0 Å². The van der Waals surface area contributed by atoms with Gasteiger partial charge in [0.2, 0.25) is 0 Å². The van der Waals surface area contributed by atoms with E-state index in [1.165, 1.54) is 7.11 Å². The Morgan fingerprint density at radius 1 is 1.32 bits per heavy atom. The summed E-state index contributed by atoms with van der Waals surface area (Å²) in [6.45, 7) is 0.642. The van der Waals surface area contributed by atoms with Crippen LogP contribution in [-0.4, -0.2) is 23.6 Å². The first kappa shape index (κ1) is 13.1. The smallest absolute Gasteiger partial charge is 0.305 e. The summed E-state index contributed by atoms with van der Waals surface area (Å²) in [4.78, 5) is 22.5. The molecule has 0 fully saturated rings. The Hall–Kier alpha value is -2.30. The maximum atomic E-state index is 11.4. The largest absolute Gasteiger partial charge is 0.469 e. The van der Waals surface area contributed by atoms with E-state index in [0.717, 1.165) is 10.9 Å². The number of amides is 1. The van der Waals surface area contributed by atoms with Crippen molar-refractivity contribution in [3.05, 3.63) is 36.0 Å². The van der Waals surface area contributed by atoms with Crippen molar-refractivity contribution in [1.82, 2.24) is 4.57 Å². The lowest BCUT2D eigenvalue weighted by Gasteiger charge is -2.04. The number of aromatic nitrogens is 1. The number of benzene rings is 1. The molecule has 100 valence electrons. The lowest BCUT2D eigenvalue weighted by molar-refractivity contribution is -0.140. The molecule has 2 rings (SSSR count). The number of carbonyl (C=O) groups excluding carboxylic acids is 2. The third-order valence-electron chi connectivity index (χ3n) is 3.06. The molecule has 1 aromatic heterocycles. The lowest BCUT2D eigenvalue weighted by atomic mass is 10.2. The summed E-state index contributed by atoms with van der Waals surface area (Å²) >= 11 is 0. The van der Waals surface area contributed by atoms with E-state index >= 15 is 0 Å². The number of rotatable bonds is 5. The zero-order chi connectivity index (χ0) is 13.8. The quantitative estimate of drug-likeness (QED) is 0.831. The molecule has 19 heavy (non-hydrogen) atoms. The lowest BCUT2D eigenvalue weighted by Crippen LogP contribution is -2.10. The Labute approximate surface area is 110 Å². The van der Waals surface area contributed by atoms with Crippen LogP contribution in [0.1, 0.15) is 23.2 Å². The minimum atomic E-state index is -0.442. The highest BCUT2D eigenvalue weighted by Crippen LogP contribution is 2.21. The van der Waals surface area contributed by atoms with Crippen LogP contribution in [0.25, 0.3) is 10.9 Å². The van der Waals surface area contributed by atoms with E-state index in [0.29, 0.717) is 24.9 Å². The van der Waals surface area contributed by atoms with Crippen LogP contribution < -0.4 is 5.73 Å². The molecular formula is C14H16N2O3. The van der Waals surface area contributed by atoms with Gasteiger partial charge in [0.1, 0.15) is 0 Å². The molecule has 1 amide bonds. The predicted octanol–water partition coefficient (Wildman–Crippen LogP) is 1.69. The summed E-state index contributed by atoms with van der Waals surface area (Å²) in [7, 11) is 1.37.